The molecule has 18 heavy (non-hydrogen) atoms. The molecule has 1 fully saturated rings. The third-order valence-electron chi connectivity index (χ3n) is 3.38. The molecule has 0 heterocycles. The first-order chi connectivity index (χ1) is 8.66. The molecule has 0 aromatic heterocycles. The molecular weight excluding hydrogens is 228 g/mol. The van der Waals surface area contributed by atoms with Crippen LogP contribution in [0.1, 0.15) is 25.3 Å². The molecule has 0 radical (unpaired) electrons. The van der Waals surface area contributed by atoms with Crippen molar-refractivity contribution < 1.29 is 9.90 Å². The lowest BCUT2D eigenvalue weighted by Gasteiger charge is -2.29. The summed E-state index contributed by atoms with van der Waals surface area (Å²) in [6.45, 7) is 2.70. The minimum Gasteiger partial charge on any atom is -0.383 e. The van der Waals surface area contributed by atoms with Crippen LogP contribution in [-0.2, 0) is 5.60 Å². The van der Waals surface area contributed by atoms with Crippen molar-refractivity contribution >= 4 is 6.03 Å². The molecule has 1 atom stereocenters. The SMILES string of the molecule is CCNC(=O)NCC(O)(c1ccccc1)C1CC1. The largest absolute Gasteiger partial charge is 0.383 e. The molecule has 3 N–H and O–H groups in total. The van der Waals surface area contributed by atoms with E-state index in [-0.39, 0.29) is 18.5 Å². The maximum atomic E-state index is 11.4. The van der Waals surface area contributed by atoms with Gasteiger partial charge in [-0.2, -0.15) is 0 Å². The van der Waals surface area contributed by atoms with Crippen LogP contribution in [-0.4, -0.2) is 24.2 Å². The quantitative estimate of drug-likeness (QED) is 0.741. The number of rotatable bonds is 5. The molecular formula is C14H20N2O2. The Balaban J connectivity index is 2.06. The summed E-state index contributed by atoms with van der Waals surface area (Å²) >= 11 is 0. The van der Waals surface area contributed by atoms with Gasteiger partial charge in [0, 0.05) is 6.54 Å². The van der Waals surface area contributed by atoms with Gasteiger partial charge in [-0.15, -0.1) is 0 Å². The fraction of sp³-hybridized carbons (Fsp3) is 0.500. The second-order valence-corrected chi connectivity index (χ2v) is 4.78. The van der Waals surface area contributed by atoms with E-state index in [1.807, 2.05) is 37.3 Å². The smallest absolute Gasteiger partial charge is 0.314 e. The fourth-order valence-corrected chi connectivity index (χ4v) is 2.21. The Morgan fingerprint density at radius 2 is 2.00 bits per heavy atom. The number of carbonyl (C=O) groups is 1. The van der Waals surface area contributed by atoms with Gasteiger partial charge in [-0.1, -0.05) is 30.3 Å². The van der Waals surface area contributed by atoms with Gasteiger partial charge in [0.25, 0.3) is 0 Å². The summed E-state index contributed by atoms with van der Waals surface area (Å²) in [5, 5.41) is 16.2. The van der Waals surface area contributed by atoms with Crippen molar-refractivity contribution in [2.45, 2.75) is 25.4 Å². The lowest BCUT2D eigenvalue weighted by Crippen LogP contribution is -2.46. The van der Waals surface area contributed by atoms with E-state index in [4.69, 9.17) is 0 Å². The van der Waals surface area contributed by atoms with Gasteiger partial charge in [-0.05, 0) is 31.2 Å². The average molecular weight is 248 g/mol. The number of aliphatic hydroxyl groups is 1. The standard InChI is InChI=1S/C14H20N2O2/c1-2-15-13(17)16-10-14(18,12-8-9-12)11-6-4-3-5-7-11/h3-7,12,18H,2,8-10H2,1H3,(H2,15,16,17). The van der Waals surface area contributed by atoms with Crippen molar-refractivity contribution in [3.8, 4) is 0 Å². The molecule has 2 rings (SSSR count). The number of benzene rings is 1. The molecule has 4 nitrogen and oxygen atoms in total. The summed E-state index contributed by atoms with van der Waals surface area (Å²) < 4.78 is 0. The van der Waals surface area contributed by atoms with Crippen molar-refractivity contribution in [1.82, 2.24) is 10.6 Å². The maximum absolute atomic E-state index is 11.4. The Kier molecular flexibility index (Phi) is 3.87. The summed E-state index contributed by atoms with van der Waals surface area (Å²) in [7, 11) is 0. The van der Waals surface area contributed by atoms with Crippen LogP contribution in [0.25, 0.3) is 0 Å². The number of amides is 2. The van der Waals surface area contributed by atoms with Crippen molar-refractivity contribution in [2.24, 2.45) is 5.92 Å². The predicted molar refractivity (Wildman–Crippen MR) is 70.1 cm³/mol. The van der Waals surface area contributed by atoms with E-state index < -0.39 is 5.60 Å². The van der Waals surface area contributed by atoms with Crippen LogP contribution in [0.3, 0.4) is 0 Å². The molecule has 1 aromatic carbocycles. The van der Waals surface area contributed by atoms with Crippen LogP contribution in [0.15, 0.2) is 30.3 Å². The zero-order valence-electron chi connectivity index (χ0n) is 10.6. The summed E-state index contributed by atoms with van der Waals surface area (Å²) in [5.41, 5.74) is -0.0592. The third kappa shape index (κ3) is 2.82. The molecule has 4 heteroatoms. The number of hydrogen-bond acceptors (Lipinski definition) is 2. The summed E-state index contributed by atoms with van der Waals surface area (Å²) in [6.07, 6.45) is 2.03. The zero-order valence-corrected chi connectivity index (χ0v) is 10.6. The van der Waals surface area contributed by atoms with E-state index >= 15 is 0 Å². The van der Waals surface area contributed by atoms with Crippen molar-refractivity contribution in [3.05, 3.63) is 35.9 Å². The first kappa shape index (κ1) is 12.9. The number of hydrogen-bond donors (Lipinski definition) is 3. The molecule has 1 unspecified atom stereocenters. The van der Waals surface area contributed by atoms with Gasteiger partial charge in [0.2, 0.25) is 0 Å². The van der Waals surface area contributed by atoms with Gasteiger partial charge in [0.1, 0.15) is 5.60 Å². The van der Waals surface area contributed by atoms with Crippen molar-refractivity contribution in [3.63, 3.8) is 0 Å². The van der Waals surface area contributed by atoms with E-state index in [0.717, 1.165) is 18.4 Å². The van der Waals surface area contributed by atoms with Gasteiger partial charge in [-0.3, -0.25) is 0 Å². The van der Waals surface area contributed by atoms with Crippen LogP contribution in [0.2, 0.25) is 0 Å². The van der Waals surface area contributed by atoms with Crippen LogP contribution in [0.5, 0.6) is 0 Å². The van der Waals surface area contributed by atoms with Gasteiger partial charge in [-0.25, -0.2) is 4.79 Å². The maximum Gasteiger partial charge on any atom is 0.314 e. The Hall–Kier alpha value is -1.55. The van der Waals surface area contributed by atoms with E-state index in [1.165, 1.54) is 0 Å². The highest BCUT2D eigenvalue weighted by Crippen LogP contribution is 2.45. The van der Waals surface area contributed by atoms with Crippen molar-refractivity contribution in [1.29, 1.82) is 0 Å². The Bertz CT molecular complexity index is 404. The first-order valence-electron chi connectivity index (χ1n) is 6.46. The summed E-state index contributed by atoms with van der Waals surface area (Å²) in [5.74, 6) is 0.252. The van der Waals surface area contributed by atoms with E-state index in [1.54, 1.807) is 0 Å². The number of urea groups is 1. The Morgan fingerprint density at radius 3 is 2.56 bits per heavy atom. The van der Waals surface area contributed by atoms with Gasteiger partial charge in [0.15, 0.2) is 0 Å². The highest BCUT2D eigenvalue weighted by molar-refractivity contribution is 5.73. The second-order valence-electron chi connectivity index (χ2n) is 4.78. The molecule has 1 aliphatic rings. The lowest BCUT2D eigenvalue weighted by atomic mass is 9.89. The minimum absolute atomic E-state index is 0.229. The van der Waals surface area contributed by atoms with Gasteiger partial charge < -0.3 is 15.7 Å². The molecule has 0 aliphatic heterocycles. The topological polar surface area (TPSA) is 61.4 Å². The molecule has 1 saturated carbocycles. The molecule has 98 valence electrons. The Labute approximate surface area is 107 Å². The van der Waals surface area contributed by atoms with Crippen LogP contribution < -0.4 is 10.6 Å². The van der Waals surface area contributed by atoms with Crippen LogP contribution in [0.4, 0.5) is 4.79 Å². The van der Waals surface area contributed by atoms with Gasteiger partial charge >= 0.3 is 6.03 Å². The second kappa shape index (κ2) is 5.40. The fourth-order valence-electron chi connectivity index (χ4n) is 2.21. The monoisotopic (exact) mass is 248 g/mol. The van der Waals surface area contributed by atoms with E-state index in [0.29, 0.717) is 6.54 Å². The molecule has 1 aliphatic carbocycles. The first-order valence-corrected chi connectivity index (χ1v) is 6.46. The summed E-state index contributed by atoms with van der Waals surface area (Å²) in [4.78, 5) is 11.4. The molecule has 0 saturated heterocycles. The van der Waals surface area contributed by atoms with E-state index in [9.17, 15) is 9.90 Å². The van der Waals surface area contributed by atoms with Crippen LogP contribution in [0, 0.1) is 5.92 Å². The molecule has 2 amide bonds. The van der Waals surface area contributed by atoms with Gasteiger partial charge in [0.05, 0.1) is 6.54 Å². The minimum atomic E-state index is -0.938. The predicted octanol–water partition coefficient (Wildman–Crippen LogP) is 1.60. The number of nitrogens with one attached hydrogen (secondary N) is 2. The average Bonchev–Trinajstić information content (AvgIpc) is 3.22. The van der Waals surface area contributed by atoms with Crippen molar-refractivity contribution in [2.75, 3.05) is 13.1 Å². The lowest BCUT2D eigenvalue weighted by molar-refractivity contribution is 0.0160. The zero-order chi connectivity index (χ0) is 13.0. The normalized spacial score (nSPS) is 17.9. The highest BCUT2D eigenvalue weighted by atomic mass is 16.3. The van der Waals surface area contributed by atoms with E-state index in [2.05, 4.69) is 10.6 Å². The molecule has 0 spiro atoms. The summed E-state index contributed by atoms with van der Waals surface area (Å²) in [6, 6.07) is 9.35. The van der Waals surface area contributed by atoms with Crippen LogP contribution >= 0.6 is 0 Å². The number of carbonyl (C=O) groups excluding carboxylic acids is 1. The molecule has 1 aromatic rings. The Morgan fingerprint density at radius 1 is 1.33 bits per heavy atom. The molecule has 0 bridgehead atoms. The highest BCUT2D eigenvalue weighted by Gasteiger charge is 2.45. The third-order valence-corrected chi connectivity index (χ3v) is 3.38.